The van der Waals surface area contributed by atoms with Crippen LogP contribution in [0.4, 0.5) is 5.82 Å². The summed E-state index contributed by atoms with van der Waals surface area (Å²) in [5.41, 5.74) is 4.50. The summed E-state index contributed by atoms with van der Waals surface area (Å²) in [6.07, 6.45) is 6.98. The maximum absolute atomic E-state index is 4.98. The number of hydrogen-bond donors (Lipinski definition) is 2. The van der Waals surface area contributed by atoms with Gasteiger partial charge < -0.3 is 10.6 Å². The van der Waals surface area contributed by atoms with Crippen molar-refractivity contribution >= 4 is 5.82 Å². The summed E-state index contributed by atoms with van der Waals surface area (Å²) in [6.45, 7) is 6.60. The standard InChI is InChI=1S/C20H28N6/c1-13-11-14(2)24-18(23-13)12-22-20-16-7-9-21-10-8-17(16)25-19(26-20)15-5-3-4-6-15/h11,15,21H,3-10,12H2,1-2H3,(H,22,25,26). The van der Waals surface area contributed by atoms with Crippen LogP contribution in [0.3, 0.4) is 0 Å². The van der Waals surface area contributed by atoms with E-state index >= 15 is 0 Å². The van der Waals surface area contributed by atoms with Gasteiger partial charge in [-0.1, -0.05) is 12.8 Å². The predicted molar refractivity (Wildman–Crippen MR) is 102 cm³/mol. The monoisotopic (exact) mass is 352 g/mol. The molecule has 0 aromatic carbocycles. The van der Waals surface area contributed by atoms with Crippen molar-refractivity contribution in [2.75, 3.05) is 18.4 Å². The molecule has 2 N–H and O–H groups in total. The fraction of sp³-hybridized carbons (Fsp3) is 0.600. The molecule has 1 saturated carbocycles. The summed E-state index contributed by atoms with van der Waals surface area (Å²) in [4.78, 5) is 19.0. The lowest BCUT2D eigenvalue weighted by molar-refractivity contribution is 0.657. The van der Waals surface area contributed by atoms with Crippen LogP contribution >= 0.6 is 0 Å². The van der Waals surface area contributed by atoms with Crippen molar-refractivity contribution in [1.29, 1.82) is 0 Å². The largest absolute Gasteiger partial charge is 0.362 e. The minimum absolute atomic E-state index is 0.523. The number of rotatable bonds is 4. The van der Waals surface area contributed by atoms with E-state index in [0.29, 0.717) is 12.5 Å². The molecule has 1 aliphatic heterocycles. The summed E-state index contributed by atoms with van der Waals surface area (Å²) in [7, 11) is 0. The first-order chi connectivity index (χ1) is 12.7. The third-order valence-corrected chi connectivity index (χ3v) is 5.36. The summed E-state index contributed by atoms with van der Waals surface area (Å²) in [5, 5.41) is 7.01. The maximum atomic E-state index is 4.98. The van der Waals surface area contributed by atoms with Crippen LogP contribution in [0.15, 0.2) is 6.07 Å². The second-order valence-corrected chi connectivity index (χ2v) is 7.51. The number of fused-ring (bicyclic) bond motifs is 1. The second kappa shape index (κ2) is 7.66. The average molecular weight is 352 g/mol. The van der Waals surface area contributed by atoms with Crippen LogP contribution in [0.1, 0.15) is 65.9 Å². The topological polar surface area (TPSA) is 75.6 Å². The van der Waals surface area contributed by atoms with Gasteiger partial charge in [0.2, 0.25) is 0 Å². The minimum atomic E-state index is 0.523. The highest BCUT2D eigenvalue weighted by Gasteiger charge is 2.24. The molecule has 6 heteroatoms. The van der Waals surface area contributed by atoms with Crippen LogP contribution < -0.4 is 10.6 Å². The molecule has 0 unspecified atom stereocenters. The first-order valence-corrected chi connectivity index (χ1v) is 9.84. The highest BCUT2D eigenvalue weighted by molar-refractivity contribution is 5.48. The van der Waals surface area contributed by atoms with Crippen molar-refractivity contribution in [3.63, 3.8) is 0 Å². The smallest absolute Gasteiger partial charge is 0.147 e. The maximum Gasteiger partial charge on any atom is 0.147 e. The molecule has 2 aromatic rings. The Hall–Kier alpha value is -2.08. The van der Waals surface area contributed by atoms with Crippen LogP contribution in [0.2, 0.25) is 0 Å². The Balaban J connectivity index is 1.63. The van der Waals surface area contributed by atoms with Gasteiger partial charge in [-0.05, 0) is 45.7 Å². The summed E-state index contributed by atoms with van der Waals surface area (Å²) in [6, 6.07) is 2.00. The lowest BCUT2D eigenvalue weighted by atomic mass is 10.0. The van der Waals surface area contributed by atoms with Gasteiger partial charge in [-0.15, -0.1) is 0 Å². The molecule has 2 aliphatic rings. The van der Waals surface area contributed by atoms with Gasteiger partial charge in [0.15, 0.2) is 0 Å². The molecule has 1 fully saturated rings. The number of nitrogens with zero attached hydrogens (tertiary/aromatic N) is 4. The number of aryl methyl sites for hydroxylation is 2. The van der Waals surface area contributed by atoms with Gasteiger partial charge in [0.25, 0.3) is 0 Å². The summed E-state index contributed by atoms with van der Waals surface area (Å²) < 4.78 is 0. The zero-order chi connectivity index (χ0) is 17.9. The van der Waals surface area contributed by atoms with E-state index in [-0.39, 0.29) is 0 Å². The number of anilines is 1. The van der Waals surface area contributed by atoms with Gasteiger partial charge in [0.1, 0.15) is 17.5 Å². The Bertz CT molecular complexity index is 762. The third kappa shape index (κ3) is 3.85. The summed E-state index contributed by atoms with van der Waals surface area (Å²) in [5.74, 6) is 3.37. The molecule has 1 aliphatic carbocycles. The first-order valence-electron chi connectivity index (χ1n) is 9.84. The van der Waals surface area contributed by atoms with Crippen molar-refractivity contribution in [1.82, 2.24) is 25.3 Å². The molecule has 0 atom stereocenters. The quantitative estimate of drug-likeness (QED) is 0.881. The fourth-order valence-corrected chi connectivity index (χ4v) is 4.12. The van der Waals surface area contributed by atoms with E-state index in [2.05, 4.69) is 20.6 Å². The first kappa shape index (κ1) is 17.3. The second-order valence-electron chi connectivity index (χ2n) is 7.51. The van der Waals surface area contributed by atoms with E-state index in [4.69, 9.17) is 9.97 Å². The predicted octanol–water partition coefficient (Wildman–Crippen LogP) is 2.84. The molecule has 0 spiro atoms. The van der Waals surface area contributed by atoms with Crippen LogP contribution in [-0.4, -0.2) is 33.0 Å². The molecule has 0 bridgehead atoms. The van der Waals surface area contributed by atoms with Gasteiger partial charge in [-0.25, -0.2) is 19.9 Å². The molecule has 6 nitrogen and oxygen atoms in total. The Kier molecular flexibility index (Phi) is 5.11. The van der Waals surface area contributed by atoms with Crippen molar-refractivity contribution < 1.29 is 0 Å². The van der Waals surface area contributed by atoms with Gasteiger partial charge in [0, 0.05) is 35.8 Å². The Labute approximate surface area is 155 Å². The van der Waals surface area contributed by atoms with E-state index in [1.54, 1.807) is 0 Å². The molecule has 26 heavy (non-hydrogen) atoms. The SMILES string of the molecule is Cc1cc(C)nc(CNc2nc(C3CCCC3)nc3c2CCNCC3)n1. The fourth-order valence-electron chi connectivity index (χ4n) is 4.12. The molecule has 0 radical (unpaired) electrons. The highest BCUT2D eigenvalue weighted by Crippen LogP contribution is 2.34. The highest BCUT2D eigenvalue weighted by atomic mass is 15.1. The van der Waals surface area contributed by atoms with Gasteiger partial charge in [0.05, 0.1) is 12.2 Å². The zero-order valence-corrected chi connectivity index (χ0v) is 15.8. The molecular weight excluding hydrogens is 324 g/mol. The third-order valence-electron chi connectivity index (χ3n) is 5.36. The van der Waals surface area contributed by atoms with Crippen molar-refractivity contribution in [3.05, 3.63) is 40.4 Å². The van der Waals surface area contributed by atoms with Crippen molar-refractivity contribution in [2.24, 2.45) is 0 Å². The van der Waals surface area contributed by atoms with Gasteiger partial charge >= 0.3 is 0 Å². The van der Waals surface area contributed by atoms with Crippen LogP contribution in [-0.2, 0) is 19.4 Å². The molecule has 0 amide bonds. The lowest BCUT2D eigenvalue weighted by Gasteiger charge is -2.17. The molecule has 2 aromatic heterocycles. The normalized spacial score (nSPS) is 17.8. The van der Waals surface area contributed by atoms with E-state index in [1.807, 2.05) is 19.9 Å². The van der Waals surface area contributed by atoms with E-state index in [0.717, 1.165) is 54.8 Å². The number of nitrogens with one attached hydrogen (secondary N) is 2. The van der Waals surface area contributed by atoms with Crippen LogP contribution in [0.5, 0.6) is 0 Å². The van der Waals surface area contributed by atoms with Crippen molar-refractivity contribution in [3.8, 4) is 0 Å². The van der Waals surface area contributed by atoms with Gasteiger partial charge in [-0.3, -0.25) is 0 Å². The van der Waals surface area contributed by atoms with Crippen LogP contribution in [0, 0.1) is 13.8 Å². The molecule has 3 heterocycles. The number of hydrogen-bond acceptors (Lipinski definition) is 6. The van der Waals surface area contributed by atoms with Crippen molar-refractivity contribution in [2.45, 2.75) is 64.8 Å². The Morgan fingerprint density at radius 1 is 1.00 bits per heavy atom. The van der Waals surface area contributed by atoms with Crippen LogP contribution in [0.25, 0.3) is 0 Å². The lowest BCUT2D eigenvalue weighted by Crippen LogP contribution is -2.16. The van der Waals surface area contributed by atoms with E-state index in [9.17, 15) is 0 Å². The minimum Gasteiger partial charge on any atom is -0.362 e. The zero-order valence-electron chi connectivity index (χ0n) is 15.8. The molecule has 0 saturated heterocycles. The Morgan fingerprint density at radius 2 is 1.73 bits per heavy atom. The summed E-state index contributed by atoms with van der Waals surface area (Å²) >= 11 is 0. The van der Waals surface area contributed by atoms with E-state index < -0.39 is 0 Å². The number of aromatic nitrogens is 4. The van der Waals surface area contributed by atoms with Gasteiger partial charge in [-0.2, -0.15) is 0 Å². The average Bonchev–Trinajstić information content (AvgIpc) is 3.04. The molecule has 138 valence electrons. The van der Waals surface area contributed by atoms with E-state index in [1.165, 1.54) is 36.9 Å². The Morgan fingerprint density at radius 3 is 2.50 bits per heavy atom. The molecule has 4 rings (SSSR count). The molecular formula is C20H28N6.